The molecule has 0 radical (unpaired) electrons. The zero-order chi connectivity index (χ0) is 14.0. The maximum Gasteiger partial charge on any atom is 0.327 e. The number of hydrogen-bond acceptors (Lipinski definition) is 3. The van der Waals surface area contributed by atoms with Crippen molar-refractivity contribution in [2.24, 2.45) is 0 Å². The van der Waals surface area contributed by atoms with Crippen molar-refractivity contribution in [3.63, 3.8) is 0 Å². The van der Waals surface area contributed by atoms with E-state index in [1.165, 1.54) is 16.7 Å². The second-order valence-corrected chi connectivity index (χ2v) is 6.65. The van der Waals surface area contributed by atoms with Crippen LogP contribution < -0.4 is 5.32 Å². The van der Waals surface area contributed by atoms with E-state index in [4.69, 9.17) is 5.11 Å². The summed E-state index contributed by atoms with van der Waals surface area (Å²) in [5.41, 5.74) is 0.598. The van der Waals surface area contributed by atoms with Crippen LogP contribution in [0.2, 0.25) is 0 Å². The molecule has 1 heterocycles. The minimum Gasteiger partial charge on any atom is -0.480 e. The van der Waals surface area contributed by atoms with Crippen molar-refractivity contribution < 1.29 is 14.7 Å². The Labute approximate surface area is 131 Å². The molecule has 0 aliphatic carbocycles. The van der Waals surface area contributed by atoms with E-state index < -0.39 is 18.0 Å². The summed E-state index contributed by atoms with van der Waals surface area (Å²) < 4.78 is 1.57. The van der Waals surface area contributed by atoms with Crippen LogP contribution in [0.4, 0.5) is 10.5 Å². The second-order valence-electron chi connectivity index (χ2n) is 3.88. The minimum atomic E-state index is -0.978. The predicted octanol–water partition coefficient (Wildman–Crippen LogP) is 3.20. The summed E-state index contributed by atoms with van der Waals surface area (Å²) in [6.45, 7) is 0. The third-order valence-corrected chi connectivity index (χ3v) is 4.80. The average Bonchev–Trinajstić information content (AvgIpc) is 2.83. The zero-order valence-electron chi connectivity index (χ0n) is 9.60. The van der Waals surface area contributed by atoms with E-state index in [-0.39, 0.29) is 0 Å². The molecule has 0 saturated carbocycles. The second kappa shape index (κ2) is 6.15. The fraction of sp³-hybridized carbons (Fsp3) is 0.273. The Morgan fingerprint density at radius 3 is 2.84 bits per heavy atom. The van der Waals surface area contributed by atoms with Crippen molar-refractivity contribution in [1.82, 2.24) is 4.90 Å². The number of amides is 2. The molecular weight excluding hydrogens is 400 g/mol. The number of aliphatic carboxylic acids is 1. The first-order valence-electron chi connectivity index (χ1n) is 5.32. The number of carboxylic acid groups (broad SMARTS) is 1. The summed E-state index contributed by atoms with van der Waals surface area (Å²) >= 11 is 8.08. The lowest BCUT2D eigenvalue weighted by Gasteiger charge is -2.21. The molecule has 2 N–H and O–H groups in total. The van der Waals surface area contributed by atoms with Crippen LogP contribution in [0.1, 0.15) is 0 Å². The first kappa shape index (κ1) is 14.7. The lowest BCUT2D eigenvalue weighted by Crippen LogP contribution is -2.44. The standard InChI is InChI=1S/C11H10Br2N2O3S/c12-6-1-2-7(13)8(3-6)14-11(18)15-5-19-4-9(15)10(16)17/h1-3,9H,4-5H2,(H,14,18)(H,16,17)/t9-/m0/s1. The third kappa shape index (κ3) is 3.43. The smallest absolute Gasteiger partial charge is 0.327 e. The molecule has 1 aliphatic rings. The van der Waals surface area contributed by atoms with Gasteiger partial charge in [-0.3, -0.25) is 0 Å². The number of carbonyl (C=O) groups excluding carboxylic acids is 1. The van der Waals surface area contributed by atoms with E-state index in [0.29, 0.717) is 17.3 Å². The highest BCUT2D eigenvalue weighted by atomic mass is 79.9. The van der Waals surface area contributed by atoms with Gasteiger partial charge < -0.3 is 15.3 Å². The van der Waals surface area contributed by atoms with E-state index in [9.17, 15) is 9.59 Å². The number of anilines is 1. The summed E-state index contributed by atoms with van der Waals surface area (Å²) in [5.74, 6) is -0.176. The fourth-order valence-corrected chi connectivity index (χ4v) is 3.48. The van der Waals surface area contributed by atoms with Gasteiger partial charge in [0.05, 0.1) is 11.6 Å². The van der Waals surface area contributed by atoms with Crippen molar-refractivity contribution in [1.29, 1.82) is 0 Å². The van der Waals surface area contributed by atoms with E-state index in [1.807, 2.05) is 6.07 Å². The first-order chi connectivity index (χ1) is 8.99. The molecule has 2 rings (SSSR count). The van der Waals surface area contributed by atoms with Gasteiger partial charge in [0, 0.05) is 14.7 Å². The zero-order valence-corrected chi connectivity index (χ0v) is 13.6. The van der Waals surface area contributed by atoms with Crippen LogP contribution in [0.3, 0.4) is 0 Å². The van der Waals surface area contributed by atoms with E-state index in [1.54, 1.807) is 12.1 Å². The molecule has 1 atom stereocenters. The lowest BCUT2D eigenvalue weighted by atomic mass is 10.3. The summed E-state index contributed by atoms with van der Waals surface area (Å²) in [6, 6.07) is 4.21. The van der Waals surface area contributed by atoms with Crippen LogP contribution >= 0.6 is 43.6 Å². The largest absolute Gasteiger partial charge is 0.480 e. The predicted molar refractivity (Wildman–Crippen MR) is 81.4 cm³/mol. The van der Waals surface area contributed by atoms with E-state index >= 15 is 0 Å². The highest BCUT2D eigenvalue weighted by Gasteiger charge is 2.34. The Balaban J connectivity index is 2.12. The molecule has 1 saturated heterocycles. The van der Waals surface area contributed by atoms with Crippen molar-refractivity contribution >= 4 is 61.3 Å². The van der Waals surface area contributed by atoms with Crippen LogP contribution in [0.15, 0.2) is 27.1 Å². The molecule has 0 unspecified atom stereocenters. The Kier molecular flexibility index (Phi) is 4.75. The topological polar surface area (TPSA) is 69.6 Å². The van der Waals surface area contributed by atoms with Gasteiger partial charge in [-0.15, -0.1) is 11.8 Å². The van der Waals surface area contributed by atoms with Gasteiger partial charge in [-0.05, 0) is 34.1 Å². The lowest BCUT2D eigenvalue weighted by molar-refractivity contribution is -0.140. The highest BCUT2D eigenvalue weighted by molar-refractivity contribution is 9.11. The molecule has 2 amide bonds. The van der Waals surface area contributed by atoms with Crippen LogP contribution in [0.25, 0.3) is 0 Å². The van der Waals surface area contributed by atoms with Gasteiger partial charge in [-0.25, -0.2) is 9.59 Å². The minimum absolute atomic E-state index is 0.383. The molecule has 5 nitrogen and oxygen atoms in total. The number of thioether (sulfide) groups is 1. The van der Waals surface area contributed by atoms with Crippen molar-refractivity contribution in [3.8, 4) is 0 Å². The summed E-state index contributed by atoms with van der Waals surface area (Å²) in [7, 11) is 0. The molecule has 0 spiro atoms. The molecule has 1 fully saturated rings. The molecule has 0 bridgehead atoms. The molecule has 102 valence electrons. The SMILES string of the molecule is O=C(O)[C@@H]1CSCN1C(=O)Nc1cc(Br)ccc1Br. The number of halogens is 2. The van der Waals surface area contributed by atoms with Gasteiger partial charge in [0.1, 0.15) is 6.04 Å². The molecule has 0 aromatic heterocycles. The monoisotopic (exact) mass is 408 g/mol. The number of benzene rings is 1. The van der Waals surface area contributed by atoms with Gasteiger partial charge in [0.2, 0.25) is 0 Å². The Hall–Kier alpha value is -0.730. The quantitative estimate of drug-likeness (QED) is 0.786. The molecular formula is C11H10Br2N2O3S. The molecule has 1 aromatic rings. The number of urea groups is 1. The third-order valence-electron chi connectivity index (χ3n) is 2.60. The summed E-state index contributed by atoms with van der Waals surface area (Å²) in [4.78, 5) is 24.5. The van der Waals surface area contributed by atoms with Crippen LogP contribution in [-0.4, -0.2) is 39.7 Å². The maximum absolute atomic E-state index is 12.1. The Bertz CT molecular complexity index is 527. The van der Waals surface area contributed by atoms with Crippen LogP contribution in [0, 0.1) is 0 Å². The molecule has 1 aromatic carbocycles. The molecule has 1 aliphatic heterocycles. The van der Waals surface area contributed by atoms with Crippen LogP contribution in [0.5, 0.6) is 0 Å². The van der Waals surface area contributed by atoms with Gasteiger partial charge in [-0.1, -0.05) is 15.9 Å². The van der Waals surface area contributed by atoms with Gasteiger partial charge in [0.25, 0.3) is 0 Å². The number of carbonyl (C=O) groups is 2. The number of carboxylic acids is 1. The number of nitrogens with one attached hydrogen (secondary N) is 1. The highest BCUT2D eigenvalue weighted by Crippen LogP contribution is 2.28. The fourth-order valence-electron chi connectivity index (χ4n) is 1.63. The summed E-state index contributed by atoms with van der Waals surface area (Å²) in [5, 5.41) is 11.8. The van der Waals surface area contributed by atoms with Crippen molar-refractivity contribution in [3.05, 3.63) is 27.1 Å². The summed E-state index contributed by atoms with van der Waals surface area (Å²) in [6.07, 6.45) is 0. The number of rotatable bonds is 2. The van der Waals surface area contributed by atoms with Gasteiger partial charge >= 0.3 is 12.0 Å². The maximum atomic E-state index is 12.1. The van der Waals surface area contributed by atoms with Crippen LogP contribution in [-0.2, 0) is 4.79 Å². The van der Waals surface area contributed by atoms with Crippen molar-refractivity contribution in [2.45, 2.75) is 6.04 Å². The van der Waals surface area contributed by atoms with Gasteiger partial charge in [-0.2, -0.15) is 0 Å². The van der Waals surface area contributed by atoms with E-state index in [0.717, 1.165) is 8.95 Å². The number of hydrogen-bond donors (Lipinski definition) is 2. The van der Waals surface area contributed by atoms with Gasteiger partial charge in [0.15, 0.2) is 0 Å². The Morgan fingerprint density at radius 1 is 1.42 bits per heavy atom. The molecule has 19 heavy (non-hydrogen) atoms. The normalized spacial score (nSPS) is 18.4. The molecule has 8 heteroatoms. The van der Waals surface area contributed by atoms with Crippen molar-refractivity contribution in [2.75, 3.05) is 16.9 Å². The average molecular weight is 410 g/mol. The Morgan fingerprint density at radius 2 is 2.16 bits per heavy atom. The number of nitrogens with zero attached hydrogens (tertiary/aromatic N) is 1. The first-order valence-corrected chi connectivity index (χ1v) is 8.06. The van der Waals surface area contributed by atoms with E-state index in [2.05, 4.69) is 37.2 Å².